The molecule has 5 heteroatoms. The lowest BCUT2D eigenvalue weighted by molar-refractivity contribution is -0.129. The molecule has 1 aromatic rings. The lowest BCUT2D eigenvalue weighted by Gasteiger charge is -2.22. The van der Waals surface area contributed by atoms with Crippen molar-refractivity contribution in [1.82, 2.24) is 4.90 Å². The molecule has 0 aromatic heterocycles. The van der Waals surface area contributed by atoms with Crippen LogP contribution >= 0.6 is 15.9 Å². The van der Waals surface area contributed by atoms with Gasteiger partial charge in [0.1, 0.15) is 12.1 Å². The molecule has 1 fully saturated rings. The average molecular weight is 340 g/mol. The number of imide groups is 1. The summed E-state index contributed by atoms with van der Waals surface area (Å²) in [6.07, 6.45) is 1.21. The van der Waals surface area contributed by atoms with E-state index in [9.17, 15) is 9.59 Å². The first kappa shape index (κ1) is 15.0. The van der Waals surface area contributed by atoms with E-state index in [1.165, 1.54) is 4.90 Å². The summed E-state index contributed by atoms with van der Waals surface area (Å²) < 4.78 is 5.23. The van der Waals surface area contributed by atoms with Gasteiger partial charge in [-0.25, -0.2) is 9.69 Å². The topological polar surface area (TPSA) is 46.6 Å². The normalized spacial score (nSPS) is 21.9. The number of unbranched alkanes of at least 4 members (excludes halogenated alkanes) is 1. The van der Waals surface area contributed by atoms with E-state index in [-0.39, 0.29) is 18.1 Å². The summed E-state index contributed by atoms with van der Waals surface area (Å²) in [5.74, 6) is -0.158. The number of cyclic esters (lactones) is 1. The van der Waals surface area contributed by atoms with E-state index in [2.05, 4.69) is 15.9 Å². The molecule has 0 unspecified atom stereocenters. The molecule has 4 nitrogen and oxygen atoms in total. The minimum absolute atomic E-state index is 0.158. The molecule has 0 saturated carbocycles. The molecule has 0 bridgehead atoms. The Kier molecular flexibility index (Phi) is 5.17. The van der Waals surface area contributed by atoms with Crippen LogP contribution in [0.1, 0.15) is 37.8 Å². The third kappa shape index (κ3) is 3.20. The highest BCUT2D eigenvalue weighted by Crippen LogP contribution is 2.33. The Morgan fingerprint density at radius 3 is 2.65 bits per heavy atom. The second-order valence-electron chi connectivity index (χ2n) is 4.85. The summed E-state index contributed by atoms with van der Waals surface area (Å²) in [6.45, 7) is 1.82. The lowest BCUT2D eigenvalue weighted by atomic mass is 10.0. The predicted molar refractivity (Wildman–Crippen MR) is 79.6 cm³/mol. The minimum atomic E-state index is -0.532. The number of hydrogen-bond donors (Lipinski definition) is 0. The molecule has 20 heavy (non-hydrogen) atoms. The fourth-order valence-corrected chi connectivity index (χ4v) is 2.82. The van der Waals surface area contributed by atoms with Gasteiger partial charge in [-0.15, -0.1) is 0 Å². The van der Waals surface area contributed by atoms with Crippen LogP contribution in [0.3, 0.4) is 0 Å². The second-order valence-corrected chi connectivity index (χ2v) is 5.65. The van der Waals surface area contributed by atoms with Crippen molar-refractivity contribution in [2.45, 2.75) is 38.3 Å². The van der Waals surface area contributed by atoms with E-state index >= 15 is 0 Å². The van der Waals surface area contributed by atoms with Gasteiger partial charge < -0.3 is 4.74 Å². The zero-order valence-corrected chi connectivity index (χ0v) is 13.0. The highest BCUT2D eigenvalue weighted by Gasteiger charge is 2.43. The molecule has 0 spiro atoms. The smallest absolute Gasteiger partial charge is 0.417 e. The van der Waals surface area contributed by atoms with Crippen LogP contribution in [0.2, 0.25) is 0 Å². The number of benzene rings is 1. The van der Waals surface area contributed by atoms with Crippen molar-refractivity contribution in [1.29, 1.82) is 0 Å². The number of hydrogen-bond acceptors (Lipinski definition) is 3. The number of amides is 2. The van der Waals surface area contributed by atoms with Crippen LogP contribution < -0.4 is 0 Å². The van der Waals surface area contributed by atoms with Gasteiger partial charge >= 0.3 is 6.09 Å². The van der Waals surface area contributed by atoms with Gasteiger partial charge in [0.05, 0.1) is 0 Å². The van der Waals surface area contributed by atoms with E-state index in [1.807, 2.05) is 37.3 Å². The maximum atomic E-state index is 12.3. The van der Waals surface area contributed by atoms with Crippen LogP contribution in [-0.4, -0.2) is 28.3 Å². The Morgan fingerprint density at radius 2 is 2.00 bits per heavy atom. The van der Waals surface area contributed by atoms with Gasteiger partial charge in [0.15, 0.2) is 0 Å². The summed E-state index contributed by atoms with van der Waals surface area (Å²) in [7, 11) is 0. The molecule has 2 rings (SSSR count). The highest BCUT2D eigenvalue weighted by molar-refractivity contribution is 9.09. The summed E-state index contributed by atoms with van der Waals surface area (Å²) in [5, 5.41) is 0.864. The van der Waals surface area contributed by atoms with Crippen molar-refractivity contribution in [3.63, 3.8) is 0 Å². The van der Waals surface area contributed by atoms with E-state index in [0.717, 1.165) is 23.7 Å². The van der Waals surface area contributed by atoms with Gasteiger partial charge in [0.2, 0.25) is 5.91 Å². The van der Waals surface area contributed by atoms with Gasteiger partial charge in [-0.1, -0.05) is 46.3 Å². The van der Waals surface area contributed by atoms with E-state index < -0.39 is 6.09 Å². The quantitative estimate of drug-likeness (QED) is 0.607. The monoisotopic (exact) mass is 339 g/mol. The molecule has 2 atom stereocenters. The number of carbonyl (C=O) groups is 2. The van der Waals surface area contributed by atoms with Crippen LogP contribution in [-0.2, 0) is 9.53 Å². The Bertz CT molecular complexity index is 477. The summed E-state index contributed by atoms with van der Waals surface area (Å²) in [5.41, 5.74) is 0.930. The van der Waals surface area contributed by atoms with Gasteiger partial charge in [-0.05, 0) is 25.3 Å². The van der Waals surface area contributed by atoms with Crippen molar-refractivity contribution in [2.24, 2.45) is 0 Å². The largest absolute Gasteiger partial charge is 0.443 e. The predicted octanol–water partition coefficient (Wildman–Crippen LogP) is 3.66. The number of halogens is 1. The minimum Gasteiger partial charge on any atom is -0.443 e. The molecule has 2 amide bonds. The number of nitrogens with zero attached hydrogens (tertiary/aromatic N) is 1. The third-order valence-corrected chi connectivity index (χ3v) is 3.95. The maximum absolute atomic E-state index is 12.3. The van der Waals surface area contributed by atoms with Gasteiger partial charge in [-0.2, -0.15) is 0 Å². The van der Waals surface area contributed by atoms with Crippen LogP contribution in [0.4, 0.5) is 4.79 Å². The average Bonchev–Trinajstić information content (AvgIpc) is 2.74. The maximum Gasteiger partial charge on any atom is 0.417 e. The van der Waals surface area contributed by atoms with Crippen LogP contribution in [0.25, 0.3) is 0 Å². The molecule has 108 valence electrons. The molecule has 0 radical (unpaired) electrons. The first-order valence-corrected chi connectivity index (χ1v) is 7.91. The molecule has 0 aliphatic carbocycles. The number of alkyl halides is 1. The zero-order valence-electron chi connectivity index (χ0n) is 11.4. The van der Waals surface area contributed by atoms with Crippen LogP contribution in [0.5, 0.6) is 0 Å². The Hall–Kier alpha value is -1.36. The zero-order chi connectivity index (χ0) is 14.5. The molecule has 1 saturated heterocycles. The van der Waals surface area contributed by atoms with E-state index in [0.29, 0.717) is 6.42 Å². The standard InChI is InChI=1S/C15H18BrNO3/c1-11-14(12-7-3-2-4-8-12)17(15(19)20-11)13(18)9-5-6-10-16/h2-4,7-8,11,14H,5-6,9-10H2,1H3/t11-,14+/m1/s1. The second kappa shape index (κ2) is 6.88. The number of ether oxygens (including phenoxy) is 1. The Morgan fingerprint density at radius 1 is 1.30 bits per heavy atom. The molecular weight excluding hydrogens is 322 g/mol. The Balaban J connectivity index is 2.16. The SMILES string of the molecule is C[C@H]1OC(=O)N(C(=O)CCCCBr)[C@@H]1c1ccccc1. The molecular formula is C15H18BrNO3. The van der Waals surface area contributed by atoms with Crippen molar-refractivity contribution in [2.75, 3.05) is 5.33 Å². The third-order valence-electron chi connectivity index (χ3n) is 3.39. The summed E-state index contributed by atoms with van der Waals surface area (Å²) >= 11 is 3.34. The van der Waals surface area contributed by atoms with Crippen LogP contribution in [0.15, 0.2) is 30.3 Å². The Labute approximate surface area is 127 Å². The van der Waals surface area contributed by atoms with Gasteiger partial charge in [-0.3, -0.25) is 4.79 Å². The molecule has 0 N–H and O–H groups in total. The molecule has 1 aromatic carbocycles. The van der Waals surface area contributed by atoms with Crippen molar-refractivity contribution >= 4 is 27.9 Å². The first-order valence-electron chi connectivity index (χ1n) is 6.78. The number of carbonyl (C=O) groups excluding carboxylic acids is 2. The first-order chi connectivity index (χ1) is 9.65. The highest BCUT2D eigenvalue weighted by atomic mass is 79.9. The van der Waals surface area contributed by atoms with E-state index in [4.69, 9.17) is 4.74 Å². The fraction of sp³-hybridized carbons (Fsp3) is 0.467. The van der Waals surface area contributed by atoms with Gasteiger partial charge in [0, 0.05) is 11.8 Å². The van der Waals surface area contributed by atoms with Crippen LogP contribution in [0, 0.1) is 0 Å². The van der Waals surface area contributed by atoms with Gasteiger partial charge in [0.25, 0.3) is 0 Å². The fourth-order valence-electron chi connectivity index (χ4n) is 2.42. The molecule has 1 heterocycles. The molecule has 1 aliphatic heterocycles. The lowest BCUT2D eigenvalue weighted by Crippen LogP contribution is -2.34. The van der Waals surface area contributed by atoms with E-state index in [1.54, 1.807) is 0 Å². The van der Waals surface area contributed by atoms with Crippen molar-refractivity contribution < 1.29 is 14.3 Å². The summed E-state index contributed by atoms with van der Waals surface area (Å²) in [4.78, 5) is 25.5. The van der Waals surface area contributed by atoms with Crippen molar-refractivity contribution in [3.8, 4) is 0 Å². The van der Waals surface area contributed by atoms with Crippen molar-refractivity contribution in [3.05, 3.63) is 35.9 Å². The molecule has 1 aliphatic rings. The number of rotatable bonds is 5. The summed E-state index contributed by atoms with van der Waals surface area (Å²) in [6, 6.07) is 9.23.